The molecule has 1 fully saturated rings. The Bertz CT molecular complexity index is 911. The molecule has 1 amide bonds. The van der Waals surface area contributed by atoms with Gasteiger partial charge in [0.05, 0.1) is 4.88 Å². The van der Waals surface area contributed by atoms with Gasteiger partial charge in [-0.05, 0) is 61.9 Å². The third-order valence-corrected chi connectivity index (χ3v) is 8.23. The number of sulfonamides is 1. The van der Waals surface area contributed by atoms with Crippen LogP contribution in [0.1, 0.15) is 40.6 Å². The Kier molecular flexibility index (Phi) is 5.50. The van der Waals surface area contributed by atoms with E-state index in [1.165, 1.54) is 10.4 Å². The predicted molar refractivity (Wildman–Crippen MR) is 105 cm³/mol. The second-order valence-corrected chi connectivity index (χ2v) is 10.2. The van der Waals surface area contributed by atoms with Crippen molar-refractivity contribution in [3.8, 4) is 0 Å². The van der Waals surface area contributed by atoms with E-state index >= 15 is 0 Å². The molecule has 0 spiro atoms. The van der Waals surface area contributed by atoms with Gasteiger partial charge in [0.15, 0.2) is 0 Å². The minimum absolute atomic E-state index is 0.234. The van der Waals surface area contributed by atoms with Crippen LogP contribution < -0.4 is 5.32 Å². The average Bonchev–Trinajstić information content (AvgIpc) is 3.09. The maximum absolute atomic E-state index is 12.8. The number of piperidine rings is 1. The van der Waals surface area contributed by atoms with E-state index in [4.69, 9.17) is 0 Å². The van der Waals surface area contributed by atoms with Gasteiger partial charge in [-0.2, -0.15) is 4.31 Å². The zero-order valence-electron chi connectivity index (χ0n) is 15.3. The molecule has 0 saturated carbocycles. The van der Waals surface area contributed by atoms with Gasteiger partial charge < -0.3 is 5.32 Å². The first-order chi connectivity index (χ1) is 12.3. The highest BCUT2D eigenvalue weighted by molar-refractivity contribution is 7.91. The molecular weight excluding hydrogens is 368 g/mol. The third-order valence-electron chi connectivity index (χ3n) is 4.78. The molecule has 3 rings (SSSR count). The molecule has 0 radical (unpaired) electrons. The number of nitrogens with zero attached hydrogens (tertiary/aromatic N) is 1. The van der Waals surface area contributed by atoms with Gasteiger partial charge in [0.1, 0.15) is 4.21 Å². The molecule has 1 saturated heterocycles. The molecule has 0 unspecified atom stereocenters. The number of amides is 1. The van der Waals surface area contributed by atoms with Gasteiger partial charge in [0.2, 0.25) is 0 Å². The van der Waals surface area contributed by atoms with E-state index in [-0.39, 0.29) is 10.1 Å². The molecular formula is C19H24N2O3S2. The van der Waals surface area contributed by atoms with Gasteiger partial charge >= 0.3 is 0 Å². The smallest absolute Gasteiger partial charge is 0.265 e. The first-order valence-electron chi connectivity index (χ1n) is 8.76. The van der Waals surface area contributed by atoms with E-state index in [1.807, 2.05) is 32.0 Å². The number of anilines is 1. The first-order valence-corrected chi connectivity index (χ1v) is 11.0. The minimum Gasteiger partial charge on any atom is -0.321 e. The number of rotatable bonds is 4. The van der Waals surface area contributed by atoms with Crippen LogP contribution in [0.5, 0.6) is 0 Å². The van der Waals surface area contributed by atoms with E-state index in [2.05, 4.69) is 12.2 Å². The summed E-state index contributed by atoms with van der Waals surface area (Å²) >= 11 is 1.03. The summed E-state index contributed by atoms with van der Waals surface area (Å²) in [7, 11) is -3.51. The summed E-state index contributed by atoms with van der Waals surface area (Å²) in [5.74, 6) is 0.279. The molecule has 0 bridgehead atoms. The lowest BCUT2D eigenvalue weighted by Crippen LogP contribution is -2.37. The van der Waals surface area contributed by atoms with Crippen LogP contribution in [0.15, 0.2) is 34.5 Å². The molecule has 1 aromatic heterocycles. The average molecular weight is 393 g/mol. The largest absolute Gasteiger partial charge is 0.321 e. The number of carbonyl (C=O) groups is 1. The van der Waals surface area contributed by atoms with Crippen LogP contribution in [0.4, 0.5) is 5.69 Å². The number of hydrogen-bond donors (Lipinski definition) is 1. The van der Waals surface area contributed by atoms with Gasteiger partial charge in [-0.25, -0.2) is 8.42 Å². The van der Waals surface area contributed by atoms with Gasteiger partial charge in [-0.15, -0.1) is 11.3 Å². The third kappa shape index (κ3) is 4.00. The molecule has 1 aromatic carbocycles. The van der Waals surface area contributed by atoms with E-state index in [0.717, 1.165) is 41.0 Å². The molecule has 2 heterocycles. The molecule has 1 aliphatic heterocycles. The van der Waals surface area contributed by atoms with E-state index in [1.54, 1.807) is 6.07 Å². The van der Waals surface area contributed by atoms with Gasteiger partial charge in [0.25, 0.3) is 15.9 Å². The lowest BCUT2D eigenvalue weighted by molar-refractivity contribution is 0.103. The lowest BCUT2D eigenvalue weighted by atomic mass is 10.0. The van der Waals surface area contributed by atoms with Crippen LogP contribution in [0.25, 0.3) is 0 Å². The Balaban J connectivity index is 1.76. The molecule has 1 aliphatic rings. The Morgan fingerprint density at radius 3 is 2.54 bits per heavy atom. The van der Waals surface area contributed by atoms with Crippen LogP contribution in [-0.4, -0.2) is 31.7 Å². The van der Waals surface area contributed by atoms with Crippen molar-refractivity contribution < 1.29 is 13.2 Å². The summed E-state index contributed by atoms with van der Waals surface area (Å²) in [5.41, 5.74) is 2.77. The van der Waals surface area contributed by atoms with Crippen molar-refractivity contribution in [3.63, 3.8) is 0 Å². The second kappa shape index (κ2) is 7.50. The molecule has 0 atom stereocenters. The Labute approximate surface area is 159 Å². The van der Waals surface area contributed by atoms with Crippen LogP contribution in [-0.2, 0) is 10.0 Å². The van der Waals surface area contributed by atoms with Gasteiger partial charge in [-0.3, -0.25) is 4.79 Å². The van der Waals surface area contributed by atoms with Crippen molar-refractivity contribution in [2.75, 3.05) is 18.4 Å². The quantitative estimate of drug-likeness (QED) is 0.854. The molecule has 1 N–H and O–H groups in total. The zero-order chi connectivity index (χ0) is 18.9. The Morgan fingerprint density at radius 2 is 1.85 bits per heavy atom. The SMILES string of the molecule is Cc1ccc(C)c(NC(=O)c2ccc(S(=O)(=O)N3CCC(C)CC3)s2)c1. The van der Waals surface area contributed by atoms with Gasteiger partial charge in [0, 0.05) is 18.8 Å². The van der Waals surface area contributed by atoms with Crippen molar-refractivity contribution in [1.29, 1.82) is 0 Å². The highest BCUT2D eigenvalue weighted by Crippen LogP contribution is 2.29. The number of carbonyl (C=O) groups excluding carboxylic acids is 1. The minimum atomic E-state index is -3.51. The summed E-state index contributed by atoms with van der Waals surface area (Å²) < 4.78 is 27.4. The number of thiophene rings is 1. The van der Waals surface area contributed by atoms with Crippen LogP contribution >= 0.6 is 11.3 Å². The normalized spacial score (nSPS) is 16.6. The van der Waals surface area contributed by atoms with Gasteiger partial charge in [-0.1, -0.05) is 19.1 Å². The van der Waals surface area contributed by atoms with Crippen molar-refractivity contribution >= 4 is 33.0 Å². The number of benzene rings is 1. The van der Waals surface area contributed by atoms with E-state index < -0.39 is 10.0 Å². The number of aryl methyl sites for hydroxylation is 2. The predicted octanol–water partition coefficient (Wildman–Crippen LogP) is 4.04. The van der Waals surface area contributed by atoms with Crippen molar-refractivity contribution in [1.82, 2.24) is 4.31 Å². The highest BCUT2D eigenvalue weighted by atomic mass is 32.2. The van der Waals surface area contributed by atoms with Crippen molar-refractivity contribution in [3.05, 3.63) is 46.3 Å². The van der Waals surface area contributed by atoms with Crippen LogP contribution in [0.3, 0.4) is 0 Å². The van der Waals surface area contributed by atoms with Crippen molar-refractivity contribution in [2.24, 2.45) is 5.92 Å². The van der Waals surface area contributed by atoms with E-state index in [0.29, 0.717) is 23.9 Å². The van der Waals surface area contributed by atoms with E-state index in [9.17, 15) is 13.2 Å². The number of nitrogens with one attached hydrogen (secondary N) is 1. The fourth-order valence-corrected chi connectivity index (χ4v) is 5.81. The van der Waals surface area contributed by atoms with Crippen molar-refractivity contribution in [2.45, 2.75) is 37.8 Å². The maximum Gasteiger partial charge on any atom is 0.265 e. The maximum atomic E-state index is 12.8. The fraction of sp³-hybridized carbons (Fsp3) is 0.421. The monoisotopic (exact) mass is 392 g/mol. The first kappa shape index (κ1) is 19.1. The Morgan fingerprint density at radius 1 is 1.15 bits per heavy atom. The highest BCUT2D eigenvalue weighted by Gasteiger charge is 2.29. The van der Waals surface area contributed by atoms with Crippen LogP contribution in [0.2, 0.25) is 0 Å². The second-order valence-electron chi connectivity index (χ2n) is 6.98. The number of hydrogen-bond acceptors (Lipinski definition) is 4. The summed E-state index contributed by atoms with van der Waals surface area (Å²) in [6.07, 6.45) is 1.76. The summed E-state index contributed by atoms with van der Waals surface area (Å²) in [5, 5.41) is 2.88. The lowest BCUT2D eigenvalue weighted by Gasteiger charge is -2.28. The van der Waals surface area contributed by atoms with Crippen LogP contribution in [0, 0.1) is 19.8 Å². The molecule has 5 nitrogen and oxygen atoms in total. The summed E-state index contributed by atoms with van der Waals surface area (Å²) in [6, 6.07) is 8.97. The summed E-state index contributed by atoms with van der Waals surface area (Å²) in [6.45, 7) is 7.13. The molecule has 0 aliphatic carbocycles. The molecule has 2 aromatic rings. The fourth-order valence-electron chi connectivity index (χ4n) is 2.99. The summed E-state index contributed by atoms with van der Waals surface area (Å²) in [4.78, 5) is 12.9. The Hall–Kier alpha value is -1.70. The molecule has 26 heavy (non-hydrogen) atoms. The topological polar surface area (TPSA) is 66.5 Å². The zero-order valence-corrected chi connectivity index (χ0v) is 16.9. The molecule has 140 valence electrons. The standard InChI is InChI=1S/C19H24N2O3S2/c1-13-8-10-21(11-9-13)26(23,24)18-7-6-17(25-18)19(22)20-16-12-14(2)4-5-15(16)3/h4-7,12-13H,8-11H2,1-3H3,(H,20,22). The molecule has 7 heteroatoms.